The Morgan fingerprint density at radius 1 is 1.08 bits per heavy atom. The Balaban J connectivity index is 1.71. The van der Waals surface area contributed by atoms with Gasteiger partial charge >= 0.3 is 0 Å². The van der Waals surface area contributed by atoms with Gasteiger partial charge in [-0.15, -0.1) is 0 Å². The number of piperazine rings is 1. The fraction of sp³-hybridized carbons (Fsp3) is 0.316. The lowest BCUT2D eigenvalue weighted by Gasteiger charge is -2.35. The smallest absolute Gasteiger partial charge is 0.241 e. The average molecular weight is 344 g/mol. The second-order valence-electron chi connectivity index (χ2n) is 5.89. The Kier molecular flexibility index (Phi) is 5.19. The number of benzene rings is 2. The van der Waals surface area contributed by atoms with Crippen LogP contribution < -0.4 is 14.4 Å². The van der Waals surface area contributed by atoms with Crippen molar-refractivity contribution in [2.24, 2.45) is 0 Å². The Morgan fingerprint density at radius 2 is 1.88 bits per heavy atom. The van der Waals surface area contributed by atoms with Crippen LogP contribution in [0.4, 0.5) is 10.1 Å². The number of rotatable bonds is 5. The molecular weight excluding hydrogens is 323 g/mol. The third-order valence-electron chi connectivity index (χ3n) is 4.32. The number of ether oxygens (including phenoxy) is 2. The molecule has 2 aromatic carbocycles. The predicted octanol–water partition coefficient (Wildman–Crippen LogP) is 2.69. The van der Waals surface area contributed by atoms with Crippen LogP contribution in [-0.2, 0) is 11.3 Å². The highest BCUT2D eigenvalue weighted by Gasteiger charge is 2.27. The van der Waals surface area contributed by atoms with Crippen molar-refractivity contribution in [3.63, 3.8) is 0 Å². The van der Waals surface area contributed by atoms with E-state index in [0.29, 0.717) is 36.7 Å². The predicted molar refractivity (Wildman–Crippen MR) is 93.6 cm³/mol. The van der Waals surface area contributed by atoms with Crippen molar-refractivity contribution in [1.82, 2.24) is 4.90 Å². The van der Waals surface area contributed by atoms with E-state index in [0.717, 1.165) is 5.69 Å². The molecule has 3 rings (SSSR count). The van der Waals surface area contributed by atoms with E-state index >= 15 is 0 Å². The van der Waals surface area contributed by atoms with Gasteiger partial charge in [-0.3, -0.25) is 9.69 Å². The average Bonchev–Trinajstić information content (AvgIpc) is 2.64. The van der Waals surface area contributed by atoms with Crippen LogP contribution in [0.25, 0.3) is 0 Å². The van der Waals surface area contributed by atoms with Crippen LogP contribution in [0.1, 0.15) is 5.56 Å². The molecule has 132 valence electrons. The molecule has 2 aromatic rings. The zero-order valence-corrected chi connectivity index (χ0v) is 14.4. The van der Waals surface area contributed by atoms with E-state index in [1.165, 1.54) is 6.07 Å². The van der Waals surface area contributed by atoms with E-state index in [1.807, 2.05) is 29.2 Å². The number of carbonyl (C=O) groups excluding carboxylic acids is 1. The second-order valence-corrected chi connectivity index (χ2v) is 5.89. The van der Waals surface area contributed by atoms with Crippen LogP contribution in [0.5, 0.6) is 11.5 Å². The third kappa shape index (κ3) is 3.74. The van der Waals surface area contributed by atoms with Gasteiger partial charge in [-0.2, -0.15) is 0 Å². The summed E-state index contributed by atoms with van der Waals surface area (Å²) in [6.45, 7) is 1.79. The molecule has 1 amide bonds. The molecule has 5 nitrogen and oxygen atoms in total. The van der Waals surface area contributed by atoms with Crippen molar-refractivity contribution >= 4 is 11.6 Å². The summed E-state index contributed by atoms with van der Waals surface area (Å²) < 4.78 is 24.5. The summed E-state index contributed by atoms with van der Waals surface area (Å²) in [6.07, 6.45) is 0. The highest BCUT2D eigenvalue weighted by Crippen LogP contribution is 2.29. The normalized spacial score (nSPS) is 15.3. The summed E-state index contributed by atoms with van der Waals surface area (Å²) in [7, 11) is 3.14. The first kappa shape index (κ1) is 17.2. The number of para-hydroxylation sites is 2. The third-order valence-corrected chi connectivity index (χ3v) is 4.32. The van der Waals surface area contributed by atoms with Crippen LogP contribution in [-0.4, -0.2) is 44.7 Å². The molecule has 0 bridgehead atoms. The van der Waals surface area contributed by atoms with Crippen LogP contribution >= 0.6 is 0 Å². The molecule has 0 N–H and O–H groups in total. The number of amides is 1. The lowest BCUT2D eigenvalue weighted by Crippen LogP contribution is -2.50. The Morgan fingerprint density at radius 3 is 2.60 bits per heavy atom. The van der Waals surface area contributed by atoms with Gasteiger partial charge in [-0.25, -0.2) is 4.39 Å². The molecule has 1 aliphatic heterocycles. The van der Waals surface area contributed by atoms with Crippen molar-refractivity contribution in [3.8, 4) is 11.5 Å². The summed E-state index contributed by atoms with van der Waals surface area (Å²) >= 11 is 0. The Hall–Kier alpha value is -2.60. The zero-order valence-electron chi connectivity index (χ0n) is 14.4. The second kappa shape index (κ2) is 7.53. The van der Waals surface area contributed by atoms with E-state index < -0.39 is 0 Å². The number of halogens is 1. The van der Waals surface area contributed by atoms with Gasteiger partial charge in [0.15, 0.2) is 0 Å². The van der Waals surface area contributed by atoms with Gasteiger partial charge in [-0.1, -0.05) is 12.1 Å². The first-order valence-electron chi connectivity index (χ1n) is 8.10. The summed E-state index contributed by atoms with van der Waals surface area (Å²) in [6, 6.07) is 12.1. The number of hydrogen-bond acceptors (Lipinski definition) is 4. The minimum atomic E-state index is -0.291. The van der Waals surface area contributed by atoms with E-state index in [4.69, 9.17) is 9.47 Å². The first-order valence-corrected chi connectivity index (χ1v) is 8.10. The zero-order chi connectivity index (χ0) is 17.8. The van der Waals surface area contributed by atoms with Gasteiger partial charge < -0.3 is 14.4 Å². The van der Waals surface area contributed by atoms with E-state index in [2.05, 4.69) is 0 Å². The molecule has 0 spiro atoms. The van der Waals surface area contributed by atoms with E-state index in [9.17, 15) is 9.18 Å². The standard InChI is InChI=1S/C19H21FN2O3/c1-24-15-7-8-16(20)14(11-15)12-21-9-10-22(19(23)13-21)17-5-3-4-6-18(17)25-2/h3-8,11H,9-10,12-13H2,1-2H3. The number of hydrogen-bond donors (Lipinski definition) is 0. The number of anilines is 1. The summed E-state index contributed by atoms with van der Waals surface area (Å²) in [4.78, 5) is 16.2. The van der Waals surface area contributed by atoms with Gasteiger partial charge in [0.25, 0.3) is 0 Å². The Labute approximate surface area is 146 Å². The molecule has 0 aromatic heterocycles. The molecule has 1 aliphatic rings. The molecule has 0 saturated carbocycles. The lowest BCUT2D eigenvalue weighted by molar-refractivity contribution is -0.121. The van der Waals surface area contributed by atoms with Gasteiger partial charge in [0.2, 0.25) is 5.91 Å². The lowest BCUT2D eigenvalue weighted by atomic mass is 10.1. The fourth-order valence-electron chi connectivity index (χ4n) is 3.00. The Bertz CT molecular complexity index is 766. The van der Waals surface area contributed by atoms with E-state index in [-0.39, 0.29) is 18.3 Å². The molecule has 6 heteroatoms. The maximum Gasteiger partial charge on any atom is 0.241 e. The summed E-state index contributed by atoms with van der Waals surface area (Å²) in [5.74, 6) is 0.956. The molecule has 0 radical (unpaired) electrons. The van der Waals surface area contributed by atoms with Crippen molar-refractivity contribution in [3.05, 3.63) is 53.8 Å². The van der Waals surface area contributed by atoms with E-state index in [1.54, 1.807) is 31.3 Å². The van der Waals surface area contributed by atoms with Crippen molar-refractivity contribution in [2.75, 3.05) is 38.8 Å². The minimum Gasteiger partial charge on any atom is -0.497 e. The number of methoxy groups -OCH3 is 2. The van der Waals surface area contributed by atoms with Crippen molar-refractivity contribution in [1.29, 1.82) is 0 Å². The first-order chi connectivity index (χ1) is 12.1. The summed E-state index contributed by atoms with van der Waals surface area (Å²) in [5.41, 5.74) is 1.29. The van der Waals surface area contributed by atoms with Crippen LogP contribution in [0.3, 0.4) is 0 Å². The van der Waals surface area contributed by atoms with Gasteiger partial charge in [0.1, 0.15) is 17.3 Å². The largest absolute Gasteiger partial charge is 0.497 e. The monoisotopic (exact) mass is 344 g/mol. The highest BCUT2D eigenvalue weighted by molar-refractivity contribution is 5.96. The van der Waals surface area contributed by atoms with Gasteiger partial charge in [-0.05, 0) is 30.3 Å². The van der Waals surface area contributed by atoms with Crippen molar-refractivity contribution in [2.45, 2.75) is 6.54 Å². The minimum absolute atomic E-state index is 0.0287. The molecule has 25 heavy (non-hydrogen) atoms. The molecule has 0 atom stereocenters. The van der Waals surface area contributed by atoms with Crippen LogP contribution in [0, 0.1) is 5.82 Å². The quantitative estimate of drug-likeness (QED) is 0.836. The van der Waals surface area contributed by atoms with Gasteiger partial charge in [0, 0.05) is 25.2 Å². The highest BCUT2D eigenvalue weighted by atomic mass is 19.1. The maximum atomic E-state index is 14.0. The fourth-order valence-corrected chi connectivity index (χ4v) is 3.00. The number of carbonyl (C=O) groups is 1. The maximum absolute atomic E-state index is 14.0. The molecular formula is C19H21FN2O3. The SMILES string of the molecule is COc1ccc(F)c(CN2CCN(c3ccccc3OC)C(=O)C2)c1. The number of nitrogens with zero attached hydrogens (tertiary/aromatic N) is 2. The molecule has 1 fully saturated rings. The molecule has 1 saturated heterocycles. The van der Waals surface area contributed by atoms with Gasteiger partial charge in [0.05, 0.1) is 26.5 Å². The topological polar surface area (TPSA) is 42.0 Å². The molecule has 0 unspecified atom stereocenters. The molecule has 1 heterocycles. The van der Waals surface area contributed by atoms with Crippen LogP contribution in [0.15, 0.2) is 42.5 Å². The van der Waals surface area contributed by atoms with Crippen LogP contribution in [0.2, 0.25) is 0 Å². The summed E-state index contributed by atoms with van der Waals surface area (Å²) in [5, 5.41) is 0. The molecule has 0 aliphatic carbocycles. The van der Waals surface area contributed by atoms with Crippen molar-refractivity contribution < 1.29 is 18.7 Å².